The second-order valence-electron chi connectivity index (χ2n) is 4.78. The number of carbonyl (C=O) groups is 2. The first-order chi connectivity index (χ1) is 12.5. The molecule has 2 aromatic rings. The number of nitro groups is 1. The van der Waals surface area contributed by atoms with E-state index in [9.17, 15) is 19.7 Å². The number of carbonyl (C=O) groups excluding carboxylic acids is 2. The highest BCUT2D eigenvalue weighted by Gasteiger charge is 2.16. The van der Waals surface area contributed by atoms with Gasteiger partial charge in [-0.15, -0.1) is 11.8 Å². The van der Waals surface area contributed by atoms with Gasteiger partial charge >= 0.3 is 5.97 Å². The van der Waals surface area contributed by atoms with Gasteiger partial charge in [-0.25, -0.2) is 9.78 Å². The largest absolute Gasteiger partial charge is 0.452 e. The Kier molecular flexibility index (Phi) is 6.24. The summed E-state index contributed by atoms with van der Waals surface area (Å²) in [6.45, 7) is -0.580. The lowest BCUT2D eigenvalue weighted by Crippen LogP contribution is -2.21. The molecule has 2 rings (SSSR count). The summed E-state index contributed by atoms with van der Waals surface area (Å²) in [4.78, 5) is 38.1. The number of benzene rings is 1. The highest BCUT2D eigenvalue weighted by atomic mass is 32.2. The van der Waals surface area contributed by atoms with E-state index in [0.717, 1.165) is 12.1 Å². The molecule has 0 radical (unpaired) electrons. The maximum atomic E-state index is 12.0. The molecule has 0 saturated heterocycles. The van der Waals surface area contributed by atoms with E-state index >= 15 is 0 Å². The topological polar surface area (TPSA) is 135 Å². The number of pyridine rings is 1. The van der Waals surface area contributed by atoms with Crippen molar-refractivity contribution in [3.8, 4) is 6.07 Å². The molecule has 1 heterocycles. The average molecular weight is 372 g/mol. The van der Waals surface area contributed by atoms with Crippen molar-refractivity contribution in [2.24, 2.45) is 0 Å². The zero-order chi connectivity index (χ0) is 19.1. The van der Waals surface area contributed by atoms with Gasteiger partial charge in [-0.2, -0.15) is 5.26 Å². The summed E-state index contributed by atoms with van der Waals surface area (Å²) in [7, 11) is 0. The van der Waals surface area contributed by atoms with E-state index in [2.05, 4.69) is 10.3 Å². The second kappa shape index (κ2) is 8.59. The molecule has 0 atom stereocenters. The molecule has 1 amide bonds. The van der Waals surface area contributed by atoms with Gasteiger partial charge in [-0.05, 0) is 24.5 Å². The summed E-state index contributed by atoms with van der Waals surface area (Å²) in [6.07, 6.45) is 3.29. The minimum absolute atomic E-state index is 0.0733. The van der Waals surface area contributed by atoms with Crippen molar-refractivity contribution in [2.75, 3.05) is 18.2 Å². The first-order valence-corrected chi connectivity index (χ1v) is 8.33. The van der Waals surface area contributed by atoms with E-state index in [-0.39, 0.29) is 22.5 Å². The lowest BCUT2D eigenvalue weighted by atomic mass is 10.1. The molecule has 132 valence electrons. The van der Waals surface area contributed by atoms with Gasteiger partial charge < -0.3 is 10.1 Å². The maximum Gasteiger partial charge on any atom is 0.341 e. The van der Waals surface area contributed by atoms with Crippen molar-refractivity contribution in [3.63, 3.8) is 0 Å². The number of hydrogen-bond donors (Lipinski definition) is 1. The van der Waals surface area contributed by atoms with Crippen molar-refractivity contribution < 1.29 is 19.2 Å². The van der Waals surface area contributed by atoms with Gasteiger partial charge in [0.15, 0.2) is 6.61 Å². The first-order valence-electron chi connectivity index (χ1n) is 7.10. The average Bonchev–Trinajstić information content (AvgIpc) is 2.66. The Morgan fingerprint density at radius 1 is 1.42 bits per heavy atom. The molecule has 0 aliphatic carbocycles. The molecule has 0 unspecified atom stereocenters. The van der Waals surface area contributed by atoms with E-state index < -0.39 is 23.4 Å². The van der Waals surface area contributed by atoms with E-state index in [1.165, 1.54) is 30.1 Å². The molecule has 1 aromatic heterocycles. The third-order valence-corrected chi connectivity index (χ3v) is 3.84. The van der Waals surface area contributed by atoms with Crippen LogP contribution in [0.25, 0.3) is 0 Å². The smallest absolute Gasteiger partial charge is 0.341 e. The number of rotatable bonds is 6. The number of non-ortho nitro benzene ring substituents is 1. The fraction of sp³-hybridized carbons (Fsp3) is 0.125. The summed E-state index contributed by atoms with van der Waals surface area (Å²) < 4.78 is 4.94. The summed E-state index contributed by atoms with van der Waals surface area (Å²) in [5, 5.41) is 22.6. The zero-order valence-corrected chi connectivity index (χ0v) is 14.3. The SMILES string of the molecule is CSc1ncccc1C(=O)OCC(=O)Nc1ccc([N+](=O)[O-])cc1C#N. The minimum atomic E-state index is -0.707. The Morgan fingerprint density at radius 2 is 2.19 bits per heavy atom. The van der Waals surface area contributed by atoms with Crippen LogP contribution in [0.4, 0.5) is 11.4 Å². The normalized spacial score (nSPS) is 9.85. The number of nitro benzene ring substituents is 1. The van der Waals surface area contributed by atoms with Crippen molar-refractivity contribution >= 4 is 35.0 Å². The van der Waals surface area contributed by atoms with Crippen LogP contribution in [0.15, 0.2) is 41.6 Å². The van der Waals surface area contributed by atoms with Crippen LogP contribution in [0.2, 0.25) is 0 Å². The van der Waals surface area contributed by atoms with Crippen LogP contribution in [-0.4, -0.2) is 34.6 Å². The molecule has 0 aliphatic rings. The number of nitrogens with one attached hydrogen (secondary N) is 1. The van der Waals surface area contributed by atoms with Crippen LogP contribution in [0.1, 0.15) is 15.9 Å². The minimum Gasteiger partial charge on any atom is -0.452 e. The molecule has 0 spiro atoms. The highest BCUT2D eigenvalue weighted by molar-refractivity contribution is 7.98. The number of nitrogens with zero attached hydrogens (tertiary/aromatic N) is 3. The zero-order valence-electron chi connectivity index (χ0n) is 13.5. The highest BCUT2D eigenvalue weighted by Crippen LogP contribution is 2.21. The quantitative estimate of drug-likeness (QED) is 0.353. The Balaban J connectivity index is 2.02. The Hall–Kier alpha value is -3.45. The number of anilines is 1. The molecule has 1 N–H and O–H groups in total. The van der Waals surface area contributed by atoms with E-state index in [4.69, 9.17) is 10.00 Å². The van der Waals surface area contributed by atoms with E-state index in [0.29, 0.717) is 5.03 Å². The molecule has 0 fully saturated rings. The predicted octanol–water partition coefficient (Wildman–Crippen LogP) is 2.38. The Morgan fingerprint density at radius 3 is 2.85 bits per heavy atom. The third kappa shape index (κ3) is 4.55. The molecular weight excluding hydrogens is 360 g/mol. The van der Waals surface area contributed by atoms with Crippen molar-refractivity contribution in [2.45, 2.75) is 5.03 Å². The van der Waals surface area contributed by atoms with E-state index in [1.807, 2.05) is 0 Å². The number of amides is 1. The van der Waals surface area contributed by atoms with Crippen molar-refractivity contribution in [1.82, 2.24) is 4.98 Å². The molecule has 1 aromatic carbocycles. The van der Waals surface area contributed by atoms with Gasteiger partial charge in [0.25, 0.3) is 11.6 Å². The number of nitriles is 1. The Labute approximate surface area is 152 Å². The summed E-state index contributed by atoms with van der Waals surface area (Å²) in [5.41, 5.74) is -0.0193. The van der Waals surface area contributed by atoms with E-state index in [1.54, 1.807) is 18.4 Å². The van der Waals surface area contributed by atoms with Crippen LogP contribution >= 0.6 is 11.8 Å². The molecule has 0 saturated carbocycles. The van der Waals surface area contributed by atoms with Crippen molar-refractivity contribution in [3.05, 3.63) is 57.8 Å². The summed E-state index contributed by atoms with van der Waals surface area (Å²) in [6, 6.07) is 8.31. The first kappa shape index (κ1) is 18.9. The van der Waals surface area contributed by atoms with Gasteiger partial charge in [0.2, 0.25) is 0 Å². The van der Waals surface area contributed by atoms with Crippen LogP contribution < -0.4 is 5.32 Å². The number of ether oxygens (including phenoxy) is 1. The number of hydrogen-bond acceptors (Lipinski definition) is 8. The lowest BCUT2D eigenvalue weighted by molar-refractivity contribution is -0.384. The monoisotopic (exact) mass is 372 g/mol. The molecular formula is C16H12N4O5S. The molecule has 26 heavy (non-hydrogen) atoms. The second-order valence-corrected chi connectivity index (χ2v) is 5.58. The fourth-order valence-corrected chi connectivity index (χ4v) is 2.49. The van der Waals surface area contributed by atoms with Crippen molar-refractivity contribution in [1.29, 1.82) is 5.26 Å². The fourth-order valence-electron chi connectivity index (χ4n) is 1.95. The molecule has 9 nitrogen and oxygen atoms in total. The van der Waals surface area contributed by atoms with Gasteiger partial charge in [0.05, 0.1) is 21.7 Å². The number of esters is 1. The molecule has 10 heteroatoms. The van der Waals surface area contributed by atoms with Crippen LogP contribution in [-0.2, 0) is 9.53 Å². The van der Waals surface area contributed by atoms with Crippen LogP contribution in [0.5, 0.6) is 0 Å². The lowest BCUT2D eigenvalue weighted by Gasteiger charge is -2.09. The van der Waals surface area contributed by atoms with Gasteiger partial charge in [-0.1, -0.05) is 0 Å². The van der Waals surface area contributed by atoms with Gasteiger partial charge in [-0.3, -0.25) is 14.9 Å². The Bertz CT molecular complexity index is 910. The summed E-state index contributed by atoms with van der Waals surface area (Å²) >= 11 is 1.27. The number of thioether (sulfide) groups is 1. The van der Waals surface area contributed by atoms with Crippen LogP contribution in [0, 0.1) is 21.4 Å². The van der Waals surface area contributed by atoms with Gasteiger partial charge in [0, 0.05) is 18.3 Å². The van der Waals surface area contributed by atoms with Gasteiger partial charge in [0.1, 0.15) is 11.1 Å². The summed E-state index contributed by atoms with van der Waals surface area (Å²) in [5.74, 6) is -1.39. The van der Waals surface area contributed by atoms with Crippen LogP contribution in [0.3, 0.4) is 0 Å². The third-order valence-electron chi connectivity index (χ3n) is 3.13. The predicted molar refractivity (Wildman–Crippen MR) is 92.7 cm³/mol. The number of aromatic nitrogens is 1. The molecule has 0 bridgehead atoms. The standard InChI is InChI=1S/C16H12N4O5S/c1-26-15-12(3-2-6-18-15)16(22)25-9-14(21)19-13-5-4-11(20(23)24)7-10(13)8-17/h2-7H,9H2,1H3,(H,19,21). The molecule has 0 aliphatic heterocycles. The maximum absolute atomic E-state index is 12.0.